The smallest absolute Gasteiger partial charge is 0.375 e. The van der Waals surface area contributed by atoms with Gasteiger partial charge >= 0.3 is 12.4 Å². The highest BCUT2D eigenvalue weighted by atomic mass is 32.1. The van der Waals surface area contributed by atoms with Gasteiger partial charge in [-0.05, 0) is 24.3 Å². The van der Waals surface area contributed by atoms with Gasteiger partial charge in [0, 0.05) is 12.1 Å². The molecule has 1 aromatic heterocycles. The van der Waals surface area contributed by atoms with Gasteiger partial charge < -0.3 is 4.74 Å². The van der Waals surface area contributed by atoms with Crippen molar-refractivity contribution in [3.05, 3.63) is 86.2 Å². The van der Waals surface area contributed by atoms with Crippen molar-refractivity contribution < 1.29 is 40.7 Å². The van der Waals surface area contributed by atoms with Gasteiger partial charge in [-0.15, -0.1) is 0 Å². The Morgan fingerprint density at radius 2 is 1.44 bits per heavy atom. The summed E-state index contributed by atoms with van der Waals surface area (Å²) in [5, 5.41) is 0. The fourth-order valence-electron chi connectivity index (χ4n) is 3.54. The number of nitrogens with zero attached hydrogens (tertiary/aromatic N) is 2. The van der Waals surface area contributed by atoms with E-state index in [2.05, 4.69) is 4.99 Å². The van der Waals surface area contributed by atoms with Gasteiger partial charge in [-0.3, -0.25) is 14.2 Å². The monoisotopic (exact) mass is 500 g/mol. The van der Waals surface area contributed by atoms with Gasteiger partial charge in [0.15, 0.2) is 0 Å². The number of ether oxygens (including phenoxy) is 1. The molecule has 0 saturated heterocycles. The van der Waals surface area contributed by atoms with Crippen LogP contribution in [0.15, 0.2) is 53.5 Å². The Hall–Kier alpha value is -3.25. The van der Waals surface area contributed by atoms with Crippen LogP contribution in [0.5, 0.6) is 0 Å². The number of hydrogen-bond donors (Lipinski definition) is 0. The average Bonchev–Trinajstić information content (AvgIpc) is 3.15. The highest BCUT2D eigenvalue weighted by molar-refractivity contribution is 7.09. The molecule has 0 spiro atoms. The van der Waals surface area contributed by atoms with E-state index in [4.69, 9.17) is 4.74 Å². The second-order valence-electron chi connectivity index (χ2n) is 7.20. The van der Waals surface area contributed by atoms with Crippen LogP contribution in [0.1, 0.15) is 42.4 Å². The first-order chi connectivity index (χ1) is 16.0. The van der Waals surface area contributed by atoms with Gasteiger partial charge in [-0.2, -0.15) is 31.3 Å². The molecule has 0 radical (unpaired) electrons. The summed E-state index contributed by atoms with van der Waals surface area (Å²) in [6.07, 6.45) is -9.51. The highest BCUT2D eigenvalue weighted by Gasteiger charge is 2.37. The van der Waals surface area contributed by atoms with Gasteiger partial charge in [-0.25, -0.2) is 0 Å². The van der Waals surface area contributed by atoms with Gasteiger partial charge in [0.25, 0.3) is 11.8 Å². The highest BCUT2D eigenvalue weighted by Crippen LogP contribution is 2.34. The minimum Gasteiger partial charge on any atom is -0.375 e. The predicted molar refractivity (Wildman–Crippen MR) is 108 cm³/mol. The molecule has 12 heteroatoms. The number of halogens is 6. The Bertz CT molecular complexity index is 1340. The Balaban J connectivity index is 1.90. The second kappa shape index (κ2) is 8.84. The quantitative estimate of drug-likeness (QED) is 0.461. The molecule has 178 valence electrons. The Morgan fingerprint density at radius 3 is 2.06 bits per heavy atom. The summed E-state index contributed by atoms with van der Waals surface area (Å²) in [4.78, 5) is 29.9. The van der Waals surface area contributed by atoms with Crippen molar-refractivity contribution in [3.8, 4) is 0 Å². The third-order valence-electron chi connectivity index (χ3n) is 5.04. The second-order valence-corrected chi connectivity index (χ2v) is 8.26. The van der Waals surface area contributed by atoms with Gasteiger partial charge in [0.2, 0.25) is 4.80 Å². The van der Waals surface area contributed by atoms with Crippen LogP contribution < -0.4 is 4.80 Å². The van der Waals surface area contributed by atoms with E-state index < -0.39 is 46.4 Å². The minimum atomic E-state index is -4.83. The lowest BCUT2D eigenvalue weighted by atomic mass is 10.1. The van der Waals surface area contributed by atoms with Crippen LogP contribution in [-0.4, -0.2) is 23.0 Å². The first kappa shape index (κ1) is 23.9. The van der Waals surface area contributed by atoms with Crippen molar-refractivity contribution in [1.82, 2.24) is 4.57 Å². The molecule has 0 atom stereocenters. The summed E-state index contributed by atoms with van der Waals surface area (Å²) >= 11 is 0.802. The van der Waals surface area contributed by atoms with E-state index in [1.54, 1.807) is 0 Å². The third-order valence-corrected chi connectivity index (χ3v) is 6.10. The number of benzene rings is 2. The zero-order valence-corrected chi connectivity index (χ0v) is 17.9. The molecule has 1 aliphatic rings. The lowest BCUT2D eigenvalue weighted by molar-refractivity contribution is -0.138. The molecule has 2 heterocycles. The number of amides is 1. The Morgan fingerprint density at radius 1 is 0.882 bits per heavy atom. The van der Waals surface area contributed by atoms with E-state index >= 15 is 0 Å². The predicted octanol–water partition coefficient (Wildman–Crippen LogP) is 5.09. The lowest BCUT2D eigenvalue weighted by Crippen LogP contribution is -2.30. The Kier molecular flexibility index (Phi) is 6.21. The van der Waals surface area contributed by atoms with Crippen LogP contribution in [-0.2, 0) is 30.1 Å². The number of hydrogen-bond acceptors (Lipinski definition) is 4. The minimum absolute atomic E-state index is 0.0248. The number of rotatable bonds is 2. The topological polar surface area (TPSA) is 60.7 Å². The van der Waals surface area contributed by atoms with Crippen LogP contribution in [0.4, 0.5) is 26.3 Å². The molecule has 0 saturated carbocycles. The van der Waals surface area contributed by atoms with Gasteiger partial charge in [-0.1, -0.05) is 35.6 Å². The molecule has 3 aromatic rings. The number of thiazole rings is 1. The zero-order valence-electron chi connectivity index (χ0n) is 17.0. The molecule has 2 aromatic carbocycles. The molecular formula is C22H14F6N2O3S. The summed E-state index contributed by atoms with van der Waals surface area (Å²) < 4.78 is 86.8. The molecule has 0 N–H and O–H groups in total. The van der Waals surface area contributed by atoms with E-state index in [-0.39, 0.29) is 24.4 Å². The molecular weight excluding hydrogens is 486 g/mol. The van der Waals surface area contributed by atoms with Gasteiger partial charge in [0.1, 0.15) is 0 Å². The summed E-state index contributed by atoms with van der Waals surface area (Å²) in [6, 6.07) is 8.12. The molecule has 5 nitrogen and oxygen atoms in total. The van der Waals surface area contributed by atoms with E-state index in [0.29, 0.717) is 10.6 Å². The van der Waals surface area contributed by atoms with E-state index in [9.17, 15) is 35.9 Å². The van der Waals surface area contributed by atoms with Crippen molar-refractivity contribution in [1.29, 1.82) is 0 Å². The lowest BCUT2D eigenvalue weighted by Gasteiger charge is -2.16. The number of carbonyl (C=O) groups excluding carboxylic acids is 2. The van der Waals surface area contributed by atoms with E-state index in [1.807, 2.05) is 0 Å². The van der Waals surface area contributed by atoms with Gasteiger partial charge in [0.05, 0.1) is 40.3 Å². The molecule has 0 fully saturated rings. The van der Waals surface area contributed by atoms with Crippen molar-refractivity contribution >= 4 is 23.2 Å². The Labute approximate surface area is 191 Å². The average molecular weight is 500 g/mol. The normalized spacial score (nSPS) is 14.7. The van der Waals surface area contributed by atoms with Crippen LogP contribution >= 0.6 is 11.3 Å². The van der Waals surface area contributed by atoms with Crippen LogP contribution in [0.2, 0.25) is 0 Å². The maximum absolute atomic E-state index is 13.5. The first-order valence-corrected chi connectivity index (χ1v) is 10.6. The van der Waals surface area contributed by atoms with Crippen LogP contribution in [0.3, 0.4) is 0 Å². The van der Waals surface area contributed by atoms with Crippen molar-refractivity contribution in [2.24, 2.45) is 4.99 Å². The summed E-state index contributed by atoms with van der Waals surface area (Å²) in [5.74, 6) is -2.37. The van der Waals surface area contributed by atoms with E-state index in [1.165, 1.54) is 12.1 Å². The molecule has 0 unspecified atom stereocenters. The molecule has 4 rings (SSSR count). The van der Waals surface area contributed by atoms with Crippen molar-refractivity contribution in [2.75, 3.05) is 6.61 Å². The van der Waals surface area contributed by atoms with Crippen molar-refractivity contribution in [2.45, 2.75) is 25.4 Å². The zero-order chi connectivity index (χ0) is 24.7. The fraction of sp³-hybridized carbons (Fsp3) is 0.227. The summed E-state index contributed by atoms with van der Waals surface area (Å²) in [6.45, 7) is 0.194. The van der Waals surface area contributed by atoms with Crippen LogP contribution in [0, 0.1) is 0 Å². The maximum atomic E-state index is 13.5. The fourth-order valence-corrected chi connectivity index (χ4v) is 4.62. The largest absolute Gasteiger partial charge is 0.417 e. The molecule has 0 bridgehead atoms. The number of carbonyl (C=O) groups is 2. The maximum Gasteiger partial charge on any atom is 0.417 e. The molecule has 0 aliphatic carbocycles. The van der Waals surface area contributed by atoms with E-state index in [0.717, 1.165) is 52.3 Å². The van der Waals surface area contributed by atoms with Crippen molar-refractivity contribution in [3.63, 3.8) is 0 Å². The molecule has 34 heavy (non-hydrogen) atoms. The molecule has 1 aliphatic heterocycles. The number of fused-ring (bicyclic) bond motifs is 1. The number of aromatic nitrogens is 1. The summed E-state index contributed by atoms with van der Waals surface area (Å²) in [5.41, 5.74) is -3.51. The molecule has 1 amide bonds. The SMILES string of the molecule is O=C(N=c1sc2c(n1C(=O)c1ccccc1C(F)(F)F)CCOC2)c1ccccc1C(F)(F)F. The number of alkyl halides is 6. The standard InChI is InChI=1S/C22H14F6N2O3S/c23-21(24,25)14-7-3-1-5-12(14)18(31)29-20-30(16-9-10-33-11-17(16)34-20)19(32)13-6-2-4-8-15(13)22(26,27)28/h1-8H,9-11H2. The third kappa shape index (κ3) is 4.55. The summed E-state index contributed by atoms with van der Waals surface area (Å²) in [7, 11) is 0. The first-order valence-electron chi connectivity index (χ1n) is 9.76. The van der Waals surface area contributed by atoms with Crippen LogP contribution in [0.25, 0.3) is 0 Å².